The Morgan fingerprint density at radius 2 is 2.22 bits per heavy atom. The summed E-state index contributed by atoms with van der Waals surface area (Å²) in [5.41, 5.74) is -3.09. The van der Waals surface area contributed by atoms with Gasteiger partial charge >= 0.3 is 6.05 Å². The first-order valence-electron chi connectivity index (χ1n) is 4.88. The molecule has 0 amide bonds. The molecule has 0 saturated carbocycles. The summed E-state index contributed by atoms with van der Waals surface area (Å²) in [5, 5.41) is 3.09. The molecular weight excluding hydrogens is 254 g/mol. The van der Waals surface area contributed by atoms with E-state index in [0.717, 1.165) is 18.5 Å². The maximum atomic E-state index is 14.0. The van der Waals surface area contributed by atoms with Gasteiger partial charge < -0.3 is 0 Å². The number of Topliss-reactive ketones (excluding diaryl/α,β-unsaturated/α-hetero) is 1. The third-order valence-corrected chi connectivity index (χ3v) is 2.42. The molecule has 1 aliphatic carbocycles. The Morgan fingerprint density at radius 1 is 1.50 bits per heavy atom. The summed E-state index contributed by atoms with van der Waals surface area (Å²) >= 11 is 0. The third kappa shape index (κ3) is 1.93. The van der Waals surface area contributed by atoms with E-state index in [1.807, 2.05) is 0 Å². The number of halogens is 4. The highest BCUT2D eigenvalue weighted by molar-refractivity contribution is 5.94. The van der Waals surface area contributed by atoms with E-state index in [2.05, 4.69) is 10.1 Å². The van der Waals surface area contributed by atoms with Crippen molar-refractivity contribution in [1.82, 2.24) is 14.8 Å². The molecular formula is C10H7F4N3O. The third-order valence-electron chi connectivity index (χ3n) is 2.42. The van der Waals surface area contributed by atoms with E-state index in [9.17, 15) is 22.4 Å². The second kappa shape index (κ2) is 4.04. The summed E-state index contributed by atoms with van der Waals surface area (Å²) in [6.45, 7) is 0. The van der Waals surface area contributed by atoms with Crippen LogP contribution in [0.3, 0.4) is 0 Å². The SMILES string of the molecule is O=C(C1(F)C=C(F)C=CC1)C(F)(F)n1cncn1. The zero-order valence-electron chi connectivity index (χ0n) is 8.86. The van der Waals surface area contributed by atoms with Crippen LogP contribution in [0.5, 0.6) is 0 Å². The summed E-state index contributed by atoms with van der Waals surface area (Å²) in [7, 11) is 0. The fourth-order valence-electron chi connectivity index (χ4n) is 1.53. The lowest BCUT2D eigenvalue weighted by atomic mass is 9.91. The Hall–Kier alpha value is -1.99. The number of alkyl halides is 3. The number of rotatable bonds is 3. The Labute approximate surface area is 98.6 Å². The minimum atomic E-state index is -4.23. The van der Waals surface area contributed by atoms with Crippen LogP contribution < -0.4 is 0 Å². The zero-order chi connectivity index (χ0) is 13.4. The number of carbonyl (C=O) groups excluding carboxylic acids is 1. The average Bonchev–Trinajstić information content (AvgIpc) is 2.81. The van der Waals surface area contributed by atoms with Crippen molar-refractivity contribution < 1.29 is 22.4 Å². The summed E-state index contributed by atoms with van der Waals surface area (Å²) in [6.07, 6.45) is 2.83. The number of hydrogen-bond donors (Lipinski definition) is 0. The van der Waals surface area contributed by atoms with E-state index in [-0.39, 0.29) is 10.8 Å². The molecule has 0 bridgehead atoms. The summed E-state index contributed by atoms with van der Waals surface area (Å²) in [6, 6.07) is -4.23. The highest BCUT2D eigenvalue weighted by atomic mass is 19.3. The molecule has 4 nitrogen and oxygen atoms in total. The molecule has 8 heteroatoms. The number of carbonyl (C=O) groups is 1. The van der Waals surface area contributed by atoms with Crippen LogP contribution >= 0.6 is 0 Å². The van der Waals surface area contributed by atoms with Crippen LogP contribution in [0.2, 0.25) is 0 Å². The Balaban J connectivity index is 2.35. The molecule has 96 valence electrons. The van der Waals surface area contributed by atoms with Crippen molar-refractivity contribution in [3.63, 3.8) is 0 Å². The van der Waals surface area contributed by atoms with Gasteiger partial charge in [0.25, 0.3) is 5.78 Å². The van der Waals surface area contributed by atoms with Gasteiger partial charge in [-0.25, -0.2) is 13.8 Å². The van der Waals surface area contributed by atoms with Gasteiger partial charge in [-0.3, -0.25) is 4.79 Å². The smallest absolute Gasteiger partial charge is 0.286 e. The predicted octanol–water partition coefficient (Wildman–Crippen LogP) is 1.92. The molecule has 18 heavy (non-hydrogen) atoms. The Kier molecular flexibility index (Phi) is 2.80. The number of allylic oxidation sites excluding steroid dienone is 4. The van der Waals surface area contributed by atoms with E-state index in [4.69, 9.17) is 0 Å². The summed E-state index contributed by atoms with van der Waals surface area (Å²) in [4.78, 5) is 14.8. The van der Waals surface area contributed by atoms with Gasteiger partial charge in [0.05, 0.1) is 0 Å². The number of hydrogen-bond acceptors (Lipinski definition) is 3. The van der Waals surface area contributed by atoms with E-state index in [0.29, 0.717) is 6.33 Å². The first-order chi connectivity index (χ1) is 8.36. The van der Waals surface area contributed by atoms with Gasteiger partial charge in [0, 0.05) is 6.42 Å². The van der Waals surface area contributed by atoms with Gasteiger partial charge in [-0.1, -0.05) is 6.08 Å². The Morgan fingerprint density at radius 3 is 2.78 bits per heavy atom. The fraction of sp³-hybridized carbons (Fsp3) is 0.300. The molecule has 1 aromatic heterocycles. The standard InChI is InChI=1S/C10H7F4N3O/c11-7-2-1-3-9(12,4-7)8(18)10(13,14)17-6-15-5-16-17/h1-2,4-6H,3H2. The number of ketones is 1. The van der Waals surface area contributed by atoms with Crippen LogP contribution in [0.15, 0.2) is 36.7 Å². The first kappa shape index (κ1) is 12.5. The van der Waals surface area contributed by atoms with Crippen LogP contribution in [0.25, 0.3) is 0 Å². The van der Waals surface area contributed by atoms with Crippen LogP contribution in [-0.2, 0) is 10.8 Å². The van der Waals surface area contributed by atoms with E-state index in [1.54, 1.807) is 0 Å². The van der Waals surface area contributed by atoms with Gasteiger partial charge in [0.1, 0.15) is 18.5 Å². The Bertz CT molecular complexity index is 523. The minimum absolute atomic E-state index is 0.0687. The lowest BCUT2D eigenvalue weighted by Crippen LogP contribution is -2.46. The lowest BCUT2D eigenvalue weighted by molar-refractivity contribution is -0.171. The quantitative estimate of drug-likeness (QED) is 0.781. The van der Waals surface area contributed by atoms with Crippen molar-refractivity contribution in [3.05, 3.63) is 36.7 Å². The van der Waals surface area contributed by atoms with Crippen molar-refractivity contribution in [2.75, 3.05) is 0 Å². The minimum Gasteiger partial charge on any atom is -0.286 e. The van der Waals surface area contributed by atoms with Crippen LogP contribution in [0, 0.1) is 0 Å². The van der Waals surface area contributed by atoms with Crippen molar-refractivity contribution in [1.29, 1.82) is 0 Å². The maximum Gasteiger partial charge on any atom is 0.408 e. The topological polar surface area (TPSA) is 47.8 Å². The van der Waals surface area contributed by atoms with Gasteiger partial charge in [-0.15, -0.1) is 0 Å². The van der Waals surface area contributed by atoms with Gasteiger partial charge in [0.2, 0.25) is 5.67 Å². The molecule has 1 unspecified atom stereocenters. The molecule has 1 atom stereocenters. The summed E-state index contributed by atoms with van der Waals surface area (Å²) in [5.74, 6) is -3.16. The molecule has 1 aliphatic rings. The predicted molar refractivity (Wildman–Crippen MR) is 52.0 cm³/mol. The number of nitrogens with zero attached hydrogens (tertiary/aromatic N) is 3. The van der Waals surface area contributed by atoms with Gasteiger partial charge in [0.15, 0.2) is 0 Å². The normalized spacial score (nSPS) is 23.9. The van der Waals surface area contributed by atoms with Gasteiger partial charge in [-0.2, -0.15) is 18.6 Å². The monoisotopic (exact) mass is 261 g/mol. The maximum absolute atomic E-state index is 14.0. The number of aromatic nitrogens is 3. The van der Waals surface area contributed by atoms with E-state index in [1.165, 1.54) is 0 Å². The molecule has 0 fully saturated rings. The van der Waals surface area contributed by atoms with E-state index >= 15 is 0 Å². The lowest BCUT2D eigenvalue weighted by Gasteiger charge is -2.25. The molecule has 0 N–H and O–H groups in total. The average molecular weight is 261 g/mol. The molecule has 0 aromatic carbocycles. The molecule has 0 aliphatic heterocycles. The van der Waals surface area contributed by atoms with Crippen molar-refractivity contribution in [2.24, 2.45) is 0 Å². The van der Waals surface area contributed by atoms with Crippen LogP contribution in [0.1, 0.15) is 6.42 Å². The van der Waals surface area contributed by atoms with Crippen LogP contribution in [-0.4, -0.2) is 26.2 Å². The van der Waals surface area contributed by atoms with E-state index < -0.39 is 29.7 Å². The van der Waals surface area contributed by atoms with Crippen molar-refractivity contribution >= 4 is 5.78 Å². The van der Waals surface area contributed by atoms with Crippen LogP contribution in [0.4, 0.5) is 17.6 Å². The molecule has 1 aromatic rings. The molecule has 0 spiro atoms. The van der Waals surface area contributed by atoms with Crippen molar-refractivity contribution in [3.8, 4) is 0 Å². The molecule has 1 heterocycles. The highest BCUT2D eigenvalue weighted by Crippen LogP contribution is 2.35. The molecule has 2 rings (SSSR count). The highest BCUT2D eigenvalue weighted by Gasteiger charge is 2.54. The molecule has 0 radical (unpaired) electrons. The summed E-state index contributed by atoms with van der Waals surface area (Å²) < 4.78 is 54.1. The first-order valence-corrected chi connectivity index (χ1v) is 4.88. The zero-order valence-corrected chi connectivity index (χ0v) is 8.86. The van der Waals surface area contributed by atoms with Crippen molar-refractivity contribution in [2.45, 2.75) is 18.1 Å². The second-order valence-electron chi connectivity index (χ2n) is 3.71. The van der Waals surface area contributed by atoms with Gasteiger partial charge in [-0.05, 0) is 12.2 Å². The fourth-order valence-corrected chi connectivity index (χ4v) is 1.53. The molecule has 0 saturated heterocycles. The second-order valence-corrected chi connectivity index (χ2v) is 3.71. The largest absolute Gasteiger partial charge is 0.408 e.